The molecule has 1 amide bonds. The lowest BCUT2D eigenvalue weighted by molar-refractivity contribution is -0.120. The number of nitrogens with zero attached hydrogens (tertiary/aromatic N) is 2. The van der Waals surface area contributed by atoms with Crippen molar-refractivity contribution in [2.24, 2.45) is 0 Å². The van der Waals surface area contributed by atoms with Gasteiger partial charge in [0.15, 0.2) is 0 Å². The van der Waals surface area contributed by atoms with E-state index in [1.807, 2.05) is 19.0 Å². The van der Waals surface area contributed by atoms with Crippen molar-refractivity contribution in [2.45, 2.75) is 0 Å². The molecule has 0 radical (unpaired) electrons. The summed E-state index contributed by atoms with van der Waals surface area (Å²) in [7, 11) is 3.99. The minimum absolute atomic E-state index is 0.0684. The lowest BCUT2D eigenvalue weighted by Crippen LogP contribution is -2.42. The molecule has 0 spiro atoms. The Hall–Kier alpha value is -0.690. The van der Waals surface area contributed by atoms with Crippen molar-refractivity contribution in [2.75, 3.05) is 73.1 Å². The number of amides is 1. The molecule has 0 aromatic rings. The SMILES string of the molecule is CN(C)CCNC(=O)CNCCN1CCOCC1. The van der Waals surface area contributed by atoms with E-state index in [0.717, 1.165) is 45.9 Å². The number of likely N-dealkylation sites (N-methyl/N-ethyl adjacent to an activating group) is 1. The topological polar surface area (TPSA) is 56.8 Å². The molecule has 1 rings (SSSR count). The summed E-state index contributed by atoms with van der Waals surface area (Å²) in [5, 5.41) is 6.04. The van der Waals surface area contributed by atoms with Crippen LogP contribution < -0.4 is 10.6 Å². The van der Waals surface area contributed by atoms with Crippen molar-refractivity contribution in [1.29, 1.82) is 0 Å². The van der Waals surface area contributed by atoms with Gasteiger partial charge in [-0.15, -0.1) is 0 Å². The van der Waals surface area contributed by atoms with E-state index in [-0.39, 0.29) is 5.91 Å². The molecular weight excluding hydrogens is 232 g/mol. The maximum Gasteiger partial charge on any atom is 0.234 e. The highest BCUT2D eigenvalue weighted by Crippen LogP contribution is 1.94. The predicted octanol–water partition coefficient (Wildman–Crippen LogP) is -1.41. The first-order valence-corrected chi connectivity index (χ1v) is 6.61. The maximum absolute atomic E-state index is 11.4. The van der Waals surface area contributed by atoms with E-state index in [9.17, 15) is 4.79 Å². The van der Waals surface area contributed by atoms with Gasteiger partial charge < -0.3 is 20.3 Å². The number of carbonyl (C=O) groups is 1. The highest BCUT2D eigenvalue weighted by Gasteiger charge is 2.09. The average molecular weight is 258 g/mol. The monoisotopic (exact) mass is 258 g/mol. The largest absolute Gasteiger partial charge is 0.379 e. The van der Waals surface area contributed by atoms with Crippen LogP contribution in [-0.4, -0.2) is 88.8 Å². The standard InChI is InChI=1S/C12H26N4O2/c1-15(2)5-4-14-12(17)11-13-3-6-16-7-9-18-10-8-16/h13H,3-11H2,1-2H3,(H,14,17). The van der Waals surface area contributed by atoms with Gasteiger partial charge in [-0.1, -0.05) is 0 Å². The first-order valence-electron chi connectivity index (χ1n) is 6.61. The molecule has 0 bridgehead atoms. The van der Waals surface area contributed by atoms with Crippen molar-refractivity contribution in [1.82, 2.24) is 20.4 Å². The Balaban J connectivity index is 1.91. The Labute approximate surface area is 110 Å². The third-order valence-corrected chi connectivity index (χ3v) is 2.88. The fraction of sp³-hybridized carbons (Fsp3) is 0.917. The van der Waals surface area contributed by atoms with Crippen LogP contribution in [0, 0.1) is 0 Å². The Kier molecular flexibility index (Phi) is 7.91. The smallest absolute Gasteiger partial charge is 0.234 e. The van der Waals surface area contributed by atoms with E-state index >= 15 is 0 Å². The fourth-order valence-corrected chi connectivity index (χ4v) is 1.75. The summed E-state index contributed by atoms with van der Waals surface area (Å²) in [6.45, 7) is 7.45. The molecule has 0 atom stereocenters. The summed E-state index contributed by atoms with van der Waals surface area (Å²) < 4.78 is 5.28. The predicted molar refractivity (Wildman–Crippen MR) is 71.7 cm³/mol. The van der Waals surface area contributed by atoms with E-state index in [0.29, 0.717) is 13.1 Å². The van der Waals surface area contributed by atoms with E-state index in [2.05, 4.69) is 15.5 Å². The summed E-state index contributed by atoms with van der Waals surface area (Å²) in [6, 6.07) is 0. The zero-order chi connectivity index (χ0) is 13.2. The van der Waals surface area contributed by atoms with E-state index in [1.54, 1.807) is 0 Å². The van der Waals surface area contributed by atoms with Crippen LogP contribution in [0.3, 0.4) is 0 Å². The van der Waals surface area contributed by atoms with Gasteiger partial charge in [0.1, 0.15) is 0 Å². The van der Waals surface area contributed by atoms with Crippen molar-refractivity contribution < 1.29 is 9.53 Å². The van der Waals surface area contributed by atoms with Gasteiger partial charge in [0.05, 0.1) is 19.8 Å². The molecule has 2 N–H and O–H groups in total. The minimum Gasteiger partial charge on any atom is -0.379 e. The molecule has 18 heavy (non-hydrogen) atoms. The van der Waals surface area contributed by atoms with E-state index in [1.165, 1.54) is 0 Å². The van der Waals surface area contributed by atoms with Gasteiger partial charge in [-0.25, -0.2) is 0 Å². The molecule has 6 heteroatoms. The van der Waals surface area contributed by atoms with Crippen molar-refractivity contribution in [3.63, 3.8) is 0 Å². The van der Waals surface area contributed by atoms with Crippen molar-refractivity contribution >= 4 is 5.91 Å². The second-order valence-corrected chi connectivity index (χ2v) is 4.78. The minimum atomic E-state index is 0.0684. The molecule has 106 valence electrons. The number of rotatable bonds is 8. The van der Waals surface area contributed by atoms with Crippen LogP contribution in [0.15, 0.2) is 0 Å². The summed E-state index contributed by atoms with van der Waals surface area (Å²) in [6.07, 6.45) is 0. The summed E-state index contributed by atoms with van der Waals surface area (Å²) >= 11 is 0. The lowest BCUT2D eigenvalue weighted by Gasteiger charge is -2.26. The molecular formula is C12H26N4O2. The number of carbonyl (C=O) groups excluding carboxylic acids is 1. The number of hydrogen-bond acceptors (Lipinski definition) is 5. The van der Waals surface area contributed by atoms with E-state index in [4.69, 9.17) is 4.74 Å². The molecule has 6 nitrogen and oxygen atoms in total. The Morgan fingerprint density at radius 2 is 2.00 bits per heavy atom. The van der Waals surface area contributed by atoms with Crippen molar-refractivity contribution in [3.8, 4) is 0 Å². The normalized spacial score (nSPS) is 17.1. The second-order valence-electron chi connectivity index (χ2n) is 4.78. The molecule has 1 saturated heterocycles. The molecule has 0 aliphatic carbocycles. The quantitative estimate of drug-likeness (QED) is 0.524. The summed E-state index contributed by atoms with van der Waals surface area (Å²) in [5.41, 5.74) is 0. The molecule has 0 saturated carbocycles. The van der Waals surface area contributed by atoms with E-state index < -0.39 is 0 Å². The van der Waals surface area contributed by atoms with Crippen LogP contribution >= 0.6 is 0 Å². The molecule has 1 fully saturated rings. The van der Waals surface area contributed by atoms with Crippen LogP contribution in [-0.2, 0) is 9.53 Å². The highest BCUT2D eigenvalue weighted by atomic mass is 16.5. The average Bonchev–Trinajstić information content (AvgIpc) is 2.35. The molecule has 1 aliphatic rings. The van der Waals surface area contributed by atoms with Gasteiger partial charge in [0.25, 0.3) is 0 Å². The van der Waals surface area contributed by atoms with Gasteiger partial charge in [0.2, 0.25) is 5.91 Å². The second kappa shape index (κ2) is 9.27. The summed E-state index contributed by atoms with van der Waals surface area (Å²) in [5.74, 6) is 0.0684. The third kappa shape index (κ3) is 7.60. The van der Waals surface area contributed by atoms with Gasteiger partial charge in [-0.2, -0.15) is 0 Å². The van der Waals surface area contributed by atoms with Gasteiger partial charge in [-0.05, 0) is 14.1 Å². The molecule has 0 aromatic carbocycles. The molecule has 1 aliphatic heterocycles. The highest BCUT2D eigenvalue weighted by molar-refractivity contribution is 5.77. The Bertz CT molecular complexity index is 230. The number of hydrogen-bond donors (Lipinski definition) is 2. The molecule has 1 heterocycles. The van der Waals surface area contributed by atoms with Crippen LogP contribution in [0.1, 0.15) is 0 Å². The third-order valence-electron chi connectivity index (χ3n) is 2.88. The lowest BCUT2D eigenvalue weighted by atomic mass is 10.4. The summed E-state index contributed by atoms with van der Waals surface area (Å²) in [4.78, 5) is 15.8. The zero-order valence-corrected chi connectivity index (χ0v) is 11.6. The van der Waals surface area contributed by atoms with Gasteiger partial charge in [0, 0.05) is 39.3 Å². The molecule has 0 aromatic heterocycles. The zero-order valence-electron chi connectivity index (χ0n) is 11.6. The fourth-order valence-electron chi connectivity index (χ4n) is 1.75. The van der Waals surface area contributed by atoms with Gasteiger partial charge >= 0.3 is 0 Å². The van der Waals surface area contributed by atoms with Crippen LogP contribution in [0.25, 0.3) is 0 Å². The first kappa shape index (κ1) is 15.4. The first-order chi connectivity index (χ1) is 8.68. The van der Waals surface area contributed by atoms with Crippen LogP contribution in [0.4, 0.5) is 0 Å². The number of ether oxygens (including phenoxy) is 1. The van der Waals surface area contributed by atoms with Gasteiger partial charge in [-0.3, -0.25) is 9.69 Å². The Morgan fingerprint density at radius 3 is 2.67 bits per heavy atom. The molecule has 0 unspecified atom stereocenters. The number of morpholine rings is 1. The number of nitrogens with one attached hydrogen (secondary N) is 2. The van der Waals surface area contributed by atoms with Crippen molar-refractivity contribution in [3.05, 3.63) is 0 Å². The van der Waals surface area contributed by atoms with Crippen LogP contribution in [0.2, 0.25) is 0 Å². The van der Waals surface area contributed by atoms with Crippen LogP contribution in [0.5, 0.6) is 0 Å². The maximum atomic E-state index is 11.4. The Morgan fingerprint density at radius 1 is 1.28 bits per heavy atom.